The summed E-state index contributed by atoms with van der Waals surface area (Å²) in [5, 5.41) is 5.33. The molecule has 1 aromatic carbocycles. The first-order chi connectivity index (χ1) is 11.6. The Hall–Kier alpha value is -2.76. The lowest BCUT2D eigenvalue weighted by Gasteiger charge is -2.07. The van der Waals surface area contributed by atoms with Gasteiger partial charge < -0.3 is 10.6 Å². The summed E-state index contributed by atoms with van der Waals surface area (Å²) in [5.74, 6) is -1.26. The number of nitrogens with one attached hydrogen (secondary N) is 2. The van der Waals surface area contributed by atoms with Crippen LogP contribution in [-0.4, -0.2) is 23.3 Å². The maximum Gasteiger partial charge on any atom is 0.274 e. The number of hydrogen-bond donors (Lipinski definition) is 2. The molecule has 2 rings (SSSR count). The smallest absolute Gasteiger partial charge is 0.274 e. The van der Waals surface area contributed by atoms with Gasteiger partial charge in [-0.2, -0.15) is 0 Å². The number of nitrogens with zero attached hydrogens (tertiary/aromatic N) is 1. The molecular formula is C18H20FN3O2. The molecule has 2 amide bonds. The lowest BCUT2D eigenvalue weighted by molar-refractivity contribution is 0.0948. The normalized spacial score (nSPS) is 10.2. The van der Waals surface area contributed by atoms with E-state index in [2.05, 4.69) is 22.5 Å². The molecule has 0 aliphatic rings. The molecule has 0 atom stereocenters. The minimum Gasteiger partial charge on any atom is -0.351 e. The van der Waals surface area contributed by atoms with E-state index in [0.29, 0.717) is 12.2 Å². The Kier molecular flexibility index (Phi) is 6.42. The number of aromatic nitrogens is 1. The third-order valence-corrected chi connectivity index (χ3v) is 3.36. The molecule has 24 heavy (non-hydrogen) atoms. The molecule has 0 saturated carbocycles. The van der Waals surface area contributed by atoms with Crippen LogP contribution in [0.5, 0.6) is 0 Å². The number of rotatable bonds is 7. The van der Waals surface area contributed by atoms with Gasteiger partial charge in [0.15, 0.2) is 0 Å². The Morgan fingerprint density at radius 2 is 1.75 bits per heavy atom. The summed E-state index contributed by atoms with van der Waals surface area (Å²) < 4.78 is 13.1. The predicted molar refractivity (Wildman–Crippen MR) is 90.4 cm³/mol. The van der Waals surface area contributed by atoms with Gasteiger partial charge in [0, 0.05) is 12.2 Å². The Labute approximate surface area is 140 Å². The summed E-state index contributed by atoms with van der Waals surface area (Å²) in [6.45, 7) is 2.66. The average molecular weight is 329 g/mol. The second kappa shape index (κ2) is 8.76. The number of benzene rings is 1. The highest BCUT2D eigenvalue weighted by atomic mass is 19.1. The Bertz CT molecular complexity index is 719. The van der Waals surface area contributed by atoms with Crippen molar-refractivity contribution >= 4 is 17.5 Å². The van der Waals surface area contributed by atoms with E-state index in [1.807, 2.05) is 0 Å². The van der Waals surface area contributed by atoms with E-state index in [0.717, 1.165) is 19.3 Å². The molecule has 0 aliphatic carbocycles. The van der Waals surface area contributed by atoms with Gasteiger partial charge in [-0.3, -0.25) is 9.59 Å². The van der Waals surface area contributed by atoms with Crippen LogP contribution in [0.4, 0.5) is 10.1 Å². The van der Waals surface area contributed by atoms with Crippen LogP contribution >= 0.6 is 0 Å². The number of carbonyl (C=O) groups excluding carboxylic acids is 2. The Morgan fingerprint density at radius 1 is 1.04 bits per heavy atom. The summed E-state index contributed by atoms with van der Waals surface area (Å²) in [4.78, 5) is 28.3. The molecule has 1 heterocycles. The second-order valence-corrected chi connectivity index (χ2v) is 5.34. The Morgan fingerprint density at radius 3 is 2.46 bits per heavy atom. The molecule has 0 unspecified atom stereocenters. The third-order valence-electron chi connectivity index (χ3n) is 3.36. The number of unbranched alkanes of at least 4 members (excludes halogenated alkanes) is 2. The van der Waals surface area contributed by atoms with Crippen LogP contribution in [-0.2, 0) is 0 Å². The highest BCUT2D eigenvalue weighted by Crippen LogP contribution is 2.11. The fourth-order valence-corrected chi connectivity index (χ4v) is 2.12. The lowest BCUT2D eigenvalue weighted by Crippen LogP contribution is -2.26. The minimum atomic E-state index is -0.499. The van der Waals surface area contributed by atoms with Crippen molar-refractivity contribution in [2.45, 2.75) is 26.2 Å². The van der Waals surface area contributed by atoms with Gasteiger partial charge in [0.05, 0.1) is 0 Å². The first-order valence-electron chi connectivity index (χ1n) is 7.92. The average Bonchev–Trinajstić information content (AvgIpc) is 2.58. The number of anilines is 1. The summed E-state index contributed by atoms with van der Waals surface area (Å²) in [7, 11) is 0. The van der Waals surface area contributed by atoms with Gasteiger partial charge in [-0.05, 0) is 36.8 Å². The van der Waals surface area contributed by atoms with Gasteiger partial charge >= 0.3 is 0 Å². The summed E-state index contributed by atoms with van der Waals surface area (Å²) >= 11 is 0. The van der Waals surface area contributed by atoms with Crippen molar-refractivity contribution in [3.8, 4) is 0 Å². The van der Waals surface area contributed by atoms with Gasteiger partial charge in [0.2, 0.25) is 0 Å². The van der Waals surface area contributed by atoms with E-state index >= 15 is 0 Å². The summed E-state index contributed by atoms with van der Waals surface area (Å²) in [6.07, 6.45) is 3.02. The monoisotopic (exact) mass is 329 g/mol. The topological polar surface area (TPSA) is 71.1 Å². The van der Waals surface area contributed by atoms with Crippen molar-refractivity contribution in [1.29, 1.82) is 0 Å². The molecule has 0 saturated heterocycles. The number of halogens is 1. The highest BCUT2D eigenvalue weighted by molar-refractivity contribution is 6.03. The zero-order valence-corrected chi connectivity index (χ0v) is 13.5. The highest BCUT2D eigenvalue weighted by Gasteiger charge is 2.12. The molecule has 1 aromatic heterocycles. The SMILES string of the molecule is CCCCCNC(=O)c1cccc(C(=O)Nc2cccc(F)c2)n1. The van der Waals surface area contributed by atoms with Crippen molar-refractivity contribution in [3.05, 3.63) is 59.7 Å². The van der Waals surface area contributed by atoms with E-state index in [4.69, 9.17) is 0 Å². The quantitative estimate of drug-likeness (QED) is 0.765. The summed E-state index contributed by atoms with van der Waals surface area (Å²) in [5.41, 5.74) is 0.607. The second-order valence-electron chi connectivity index (χ2n) is 5.34. The van der Waals surface area contributed by atoms with Gasteiger partial charge in [0.1, 0.15) is 17.2 Å². The number of amides is 2. The number of pyridine rings is 1. The fraction of sp³-hybridized carbons (Fsp3) is 0.278. The summed E-state index contributed by atoms with van der Waals surface area (Å²) in [6, 6.07) is 10.2. The van der Waals surface area contributed by atoms with E-state index < -0.39 is 11.7 Å². The van der Waals surface area contributed by atoms with Crippen LogP contribution in [0.3, 0.4) is 0 Å². The van der Waals surface area contributed by atoms with Gasteiger partial charge in [-0.25, -0.2) is 9.37 Å². The third kappa shape index (κ3) is 5.15. The molecule has 2 aromatic rings. The first-order valence-corrected chi connectivity index (χ1v) is 7.92. The van der Waals surface area contributed by atoms with Crippen molar-refractivity contribution < 1.29 is 14.0 Å². The zero-order chi connectivity index (χ0) is 17.4. The lowest BCUT2D eigenvalue weighted by atomic mass is 10.2. The molecule has 0 spiro atoms. The van der Waals surface area contributed by atoms with Crippen LogP contribution in [0.1, 0.15) is 47.2 Å². The van der Waals surface area contributed by atoms with Crippen molar-refractivity contribution in [2.75, 3.05) is 11.9 Å². The molecule has 2 N–H and O–H groups in total. The molecule has 5 nitrogen and oxygen atoms in total. The van der Waals surface area contributed by atoms with Gasteiger partial charge in [0.25, 0.3) is 11.8 Å². The van der Waals surface area contributed by atoms with Crippen molar-refractivity contribution in [1.82, 2.24) is 10.3 Å². The molecule has 0 fully saturated rings. The molecule has 6 heteroatoms. The fourth-order valence-electron chi connectivity index (χ4n) is 2.12. The minimum absolute atomic E-state index is 0.0977. The molecule has 0 bridgehead atoms. The molecule has 0 aliphatic heterocycles. The molecular weight excluding hydrogens is 309 g/mol. The number of hydrogen-bond acceptors (Lipinski definition) is 3. The van der Waals surface area contributed by atoms with Crippen molar-refractivity contribution in [3.63, 3.8) is 0 Å². The van der Waals surface area contributed by atoms with E-state index in [1.165, 1.54) is 24.3 Å². The first kappa shape index (κ1) is 17.6. The van der Waals surface area contributed by atoms with Crippen LogP contribution in [0.15, 0.2) is 42.5 Å². The van der Waals surface area contributed by atoms with Gasteiger partial charge in [-0.15, -0.1) is 0 Å². The maximum atomic E-state index is 13.1. The number of carbonyl (C=O) groups is 2. The maximum absolute atomic E-state index is 13.1. The largest absolute Gasteiger partial charge is 0.351 e. The molecule has 0 radical (unpaired) electrons. The standard InChI is InChI=1S/C18H20FN3O2/c1-2-3-4-11-20-17(23)15-9-6-10-16(22-15)18(24)21-14-8-5-7-13(19)12-14/h5-10,12H,2-4,11H2,1H3,(H,20,23)(H,21,24). The van der Waals surface area contributed by atoms with E-state index in [-0.39, 0.29) is 17.3 Å². The zero-order valence-electron chi connectivity index (χ0n) is 13.5. The van der Waals surface area contributed by atoms with Crippen LogP contribution < -0.4 is 10.6 Å². The molecule has 126 valence electrons. The van der Waals surface area contributed by atoms with E-state index in [9.17, 15) is 14.0 Å². The van der Waals surface area contributed by atoms with Crippen LogP contribution in [0.2, 0.25) is 0 Å². The van der Waals surface area contributed by atoms with Crippen LogP contribution in [0, 0.1) is 5.82 Å². The van der Waals surface area contributed by atoms with Crippen LogP contribution in [0.25, 0.3) is 0 Å². The predicted octanol–water partition coefficient (Wildman–Crippen LogP) is 3.39. The van der Waals surface area contributed by atoms with Crippen molar-refractivity contribution in [2.24, 2.45) is 0 Å². The Balaban J connectivity index is 2.01. The van der Waals surface area contributed by atoms with E-state index in [1.54, 1.807) is 18.2 Å². The van der Waals surface area contributed by atoms with Gasteiger partial charge in [-0.1, -0.05) is 31.9 Å².